The van der Waals surface area contributed by atoms with Crippen molar-refractivity contribution < 1.29 is 9.53 Å². The SMILES string of the molecule is CC(Oc1cccc(C(C)C)c1)C(=O)NC1CNCCC1C. The molecule has 0 aliphatic carbocycles. The van der Waals surface area contributed by atoms with Crippen LogP contribution in [-0.2, 0) is 4.79 Å². The minimum atomic E-state index is -0.489. The van der Waals surface area contributed by atoms with Gasteiger partial charge in [-0.1, -0.05) is 32.9 Å². The molecule has 1 fully saturated rings. The number of rotatable bonds is 5. The maximum atomic E-state index is 12.3. The van der Waals surface area contributed by atoms with Gasteiger partial charge in [0.05, 0.1) is 0 Å². The van der Waals surface area contributed by atoms with Crippen LogP contribution < -0.4 is 15.4 Å². The Labute approximate surface area is 133 Å². The van der Waals surface area contributed by atoms with Gasteiger partial charge in [0.1, 0.15) is 5.75 Å². The van der Waals surface area contributed by atoms with E-state index in [1.165, 1.54) is 5.56 Å². The summed E-state index contributed by atoms with van der Waals surface area (Å²) in [5, 5.41) is 6.42. The normalized spacial score (nSPS) is 23.1. The van der Waals surface area contributed by atoms with Gasteiger partial charge in [0, 0.05) is 12.6 Å². The van der Waals surface area contributed by atoms with Crippen molar-refractivity contribution >= 4 is 5.91 Å². The molecule has 1 aliphatic rings. The molecule has 1 aliphatic heterocycles. The predicted molar refractivity (Wildman–Crippen MR) is 89.2 cm³/mol. The minimum Gasteiger partial charge on any atom is -0.481 e. The zero-order valence-electron chi connectivity index (χ0n) is 14.1. The summed E-state index contributed by atoms with van der Waals surface area (Å²) in [7, 11) is 0. The summed E-state index contributed by atoms with van der Waals surface area (Å²) in [4.78, 5) is 12.3. The number of hydrogen-bond donors (Lipinski definition) is 2. The molecular weight excluding hydrogens is 276 g/mol. The molecule has 3 unspecified atom stereocenters. The second-order valence-electron chi connectivity index (χ2n) is 6.57. The van der Waals surface area contributed by atoms with E-state index in [2.05, 4.69) is 37.5 Å². The first-order valence-corrected chi connectivity index (χ1v) is 8.25. The number of piperidine rings is 1. The second-order valence-corrected chi connectivity index (χ2v) is 6.57. The molecule has 0 bridgehead atoms. The Morgan fingerprint density at radius 1 is 1.36 bits per heavy atom. The first-order chi connectivity index (χ1) is 10.5. The van der Waals surface area contributed by atoms with Gasteiger partial charge in [-0.15, -0.1) is 0 Å². The van der Waals surface area contributed by atoms with Crippen molar-refractivity contribution in [3.63, 3.8) is 0 Å². The molecule has 1 amide bonds. The van der Waals surface area contributed by atoms with Gasteiger partial charge in [0.2, 0.25) is 0 Å². The van der Waals surface area contributed by atoms with Crippen molar-refractivity contribution in [3.8, 4) is 5.75 Å². The molecule has 1 aromatic carbocycles. The lowest BCUT2D eigenvalue weighted by Gasteiger charge is -2.31. The molecule has 1 heterocycles. The number of nitrogens with one attached hydrogen (secondary N) is 2. The lowest BCUT2D eigenvalue weighted by Crippen LogP contribution is -2.52. The van der Waals surface area contributed by atoms with Gasteiger partial charge >= 0.3 is 0 Å². The van der Waals surface area contributed by atoms with E-state index in [0.29, 0.717) is 11.8 Å². The zero-order valence-corrected chi connectivity index (χ0v) is 14.1. The van der Waals surface area contributed by atoms with E-state index in [1.54, 1.807) is 6.92 Å². The first-order valence-electron chi connectivity index (χ1n) is 8.25. The van der Waals surface area contributed by atoms with Crippen LogP contribution in [0.3, 0.4) is 0 Å². The average Bonchev–Trinajstić information content (AvgIpc) is 2.49. The molecule has 0 aromatic heterocycles. The summed E-state index contributed by atoms with van der Waals surface area (Å²) in [5.74, 6) is 1.66. The zero-order chi connectivity index (χ0) is 16.1. The van der Waals surface area contributed by atoms with E-state index in [0.717, 1.165) is 25.3 Å². The smallest absolute Gasteiger partial charge is 0.261 e. The fraction of sp³-hybridized carbons (Fsp3) is 0.611. The first kappa shape index (κ1) is 16.8. The summed E-state index contributed by atoms with van der Waals surface area (Å²) in [5.41, 5.74) is 1.22. The Balaban J connectivity index is 1.92. The summed E-state index contributed by atoms with van der Waals surface area (Å²) >= 11 is 0. The lowest BCUT2D eigenvalue weighted by molar-refractivity contribution is -0.128. The van der Waals surface area contributed by atoms with Crippen molar-refractivity contribution in [2.24, 2.45) is 5.92 Å². The van der Waals surface area contributed by atoms with Crippen molar-refractivity contribution in [1.82, 2.24) is 10.6 Å². The van der Waals surface area contributed by atoms with Crippen molar-refractivity contribution in [1.29, 1.82) is 0 Å². The van der Waals surface area contributed by atoms with Crippen LogP contribution in [0.2, 0.25) is 0 Å². The fourth-order valence-electron chi connectivity index (χ4n) is 2.69. The summed E-state index contributed by atoms with van der Waals surface area (Å²) in [6.45, 7) is 10.1. The molecule has 4 heteroatoms. The highest BCUT2D eigenvalue weighted by Crippen LogP contribution is 2.21. The average molecular weight is 304 g/mol. The van der Waals surface area contributed by atoms with Gasteiger partial charge in [0.25, 0.3) is 5.91 Å². The van der Waals surface area contributed by atoms with Gasteiger partial charge in [0.15, 0.2) is 6.10 Å². The Bertz CT molecular complexity index is 502. The highest BCUT2D eigenvalue weighted by atomic mass is 16.5. The second kappa shape index (κ2) is 7.63. The van der Waals surface area contributed by atoms with Gasteiger partial charge < -0.3 is 15.4 Å². The van der Waals surface area contributed by atoms with Crippen LogP contribution in [0.15, 0.2) is 24.3 Å². The van der Waals surface area contributed by atoms with Crippen LogP contribution in [-0.4, -0.2) is 31.1 Å². The number of hydrogen-bond acceptors (Lipinski definition) is 3. The van der Waals surface area contributed by atoms with Crippen molar-refractivity contribution in [2.75, 3.05) is 13.1 Å². The number of ether oxygens (including phenoxy) is 1. The molecule has 22 heavy (non-hydrogen) atoms. The van der Waals surface area contributed by atoms with E-state index >= 15 is 0 Å². The summed E-state index contributed by atoms with van der Waals surface area (Å²) in [6.07, 6.45) is 0.605. The molecular formula is C18H28N2O2. The maximum Gasteiger partial charge on any atom is 0.261 e. The topological polar surface area (TPSA) is 50.4 Å². The summed E-state index contributed by atoms with van der Waals surface area (Å²) in [6, 6.07) is 8.16. The highest BCUT2D eigenvalue weighted by molar-refractivity contribution is 5.81. The van der Waals surface area contributed by atoms with Gasteiger partial charge in [-0.3, -0.25) is 4.79 Å². The third-order valence-corrected chi connectivity index (χ3v) is 4.36. The molecule has 1 saturated heterocycles. The Kier molecular flexibility index (Phi) is 5.83. The molecule has 2 rings (SSSR count). The number of benzene rings is 1. The molecule has 3 atom stereocenters. The molecule has 0 radical (unpaired) electrons. The van der Waals surface area contributed by atoms with Crippen LogP contribution in [0.5, 0.6) is 5.75 Å². The fourth-order valence-corrected chi connectivity index (χ4v) is 2.69. The minimum absolute atomic E-state index is 0.0458. The van der Waals surface area contributed by atoms with Crippen LogP contribution >= 0.6 is 0 Å². The monoisotopic (exact) mass is 304 g/mol. The third kappa shape index (κ3) is 4.47. The molecule has 0 saturated carbocycles. The number of carbonyl (C=O) groups excluding carboxylic acids is 1. The molecule has 0 spiro atoms. The maximum absolute atomic E-state index is 12.3. The lowest BCUT2D eigenvalue weighted by atomic mass is 9.94. The molecule has 4 nitrogen and oxygen atoms in total. The molecule has 122 valence electrons. The van der Waals surface area contributed by atoms with Crippen molar-refractivity contribution in [3.05, 3.63) is 29.8 Å². The molecule has 1 aromatic rings. The standard InChI is InChI=1S/C18H28N2O2/c1-12(2)15-6-5-7-16(10-15)22-14(4)18(21)20-17-11-19-9-8-13(17)3/h5-7,10,12-14,17,19H,8-9,11H2,1-4H3,(H,20,21). The van der Waals surface area contributed by atoms with E-state index < -0.39 is 6.10 Å². The quantitative estimate of drug-likeness (QED) is 0.879. The largest absolute Gasteiger partial charge is 0.481 e. The van der Waals surface area contributed by atoms with Crippen LogP contribution in [0.1, 0.15) is 45.6 Å². The number of carbonyl (C=O) groups is 1. The van der Waals surface area contributed by atoms with Crippen LogP contribution in [0.4, 0.5) is 0 Å². The third-order valence-electron chi connectivity index (χ3n) is 4.36. The Morgan fingerprint density at radius 3 is 2.82 bits per heavy atom. The van der Waals surface area contributed by atoms with Gasteiger partial charge in [-0.25, -0.2) is 0 Å². The van der Waals surface area contributed by atoms with Crippen LogP contribution in [0.25, 0.3) is 0 Å². The van der Waals surface area contributed by atoms with E-state index in [-0.39, 0.29) is 11.9 Å². The van der Waals surface area contributed by atoms with E-state index in [1.807, 2.05) is 18.2 Å². The highest BCUT2D eigenvalue weighted by Gasteiger charge is 2.25. The van der Waals surface area contributed by atoms with Crippen molar-refractivity contribution in [2.45, 2.75) is 52.2 Å². The molecule has 2 N–H and O–H groups in total. The van der Waals surface area contributed by atoms with Gasteiger partial charge in [-0.2, -0.15) is 0 Å². The van der Waals surface area contributed by atoms with Gasteiger partial charge in [-0.05, 0) is 49.4 Å². The van der Waals surface area contributed by atoms with E-state index in [9.17, 15) is 4.79 Å². The van der Waals surface area contributed by atoms with Crippen LogP contribution in [0, 0.1) is 5.92 Å². The summed E-state index contributed by atoms with van der Waals surface area (Å²) < 4.78 is 5.81. The Hall–Kier alpha value is -1.55. The van der Waals surface area contributed by atoms with E-state index in [4.69, 9.17) is 4.74 Å². The predicted octanol–water partition coefficient (Wildman–Crippen LogP) is 2.69. The number of amides is 1. The Morgan fingerprint density at radius 2 is 2.14 bits per heavy atom.